The minimum Gasteiger partial charge on any atom is -0.493 e. The summed E-state index contributed by atoms with van der Waals surface area (Å²) in [5.41, 5.74) is 3.73. The molecule has 1 aliphatic heterocycles. The zero-order valence-electron chi connectivity index (χ0n) is 11.3. The molecule has 3 rings (SSSR count). The molecule has 1 atom stereocenters. The molecule has 0 amide bonds. The van der Waals surface area contributed by atoms with Gasteiger partial charge in [0, 0.05) is 29.8 Å². The fourth-order valence-corrected chi connectivity index (χ4v) is 3.22. The second-order valence-corrected chi connectivity index (χ2v) is 5.90. The Labute approximate surface area is 117 Å². The molecule has 1 unspecified atom stereocenters. The number of ether oxygens (including phenoxy) is 1. The van der Waals surface area contributed by atoms with Crippen LogP contribution in [0, 0.1) is 6.92 Å². The van der Waals surface area contributed by atoms with Crippen molar-refractivity contribution >= 4 is 11.3 Å². The predicted octanol–water partition coefficient (Wildman–Crippen LogP) is 2.89. The molecule has 2 aromatic rings. The third kappa shape index (κ3) is 2.51. The SMILES string of the molecule is CNC(Cc1csc(C)n1)c1cccc2c1OCC2. The van der Waals surface area contributed by atoms with E-state index >= 15 is 0 Å². The largest absolute Gasteiger partial charge is 0.493 e. The van der Waals surface area contributed by atoms with Gasteiger partial charge in [-0.2, -0.15) is 0 Å². The summed E-state index contributed by atoms with van der Waals surface area (Å²) in [5, 5.41) is 6.66. The molecule has 19 heavy (non-hydrogen) atoms. The molecule has 2 heterocycles. The highest BCUT2D eigenvalue weighted by Crippen LogP contribution is 2.34. The van der Waals surface area contributed by atoms with Gasteiger partial charge in [0.1, 0.15) is 5.75 Å². The van der Waals surface area contributed by atoms with Gasteiger partial charge < -0.3 is 10.1 Å². The molecule has 0 fully saturated rings. The van der Waals surface area contributed by atoms with Crippen molar-refractivity contribution < 1.29 is 4.74 Å². The van der Waals surface area contributed by atoms with E-state index in [1.807, 2.05) is 14.0 Å². The summed E-state index contributed by atoms with van der Waals surface area (Å²) in [6, 6.07) is 6.70. The van der Waals surface area contributed by atoms with Gasteiger partial charge >= 0.3 is 0 Å². The molecule has 1 aliphatic rings. The molecule has 3 nitrogen and oxygen atoms in total. The van der Waals surface area contributed by atoms with Gasteiger partial charge in [0.15, 0.2) is 0 Å². The molecule has 1 aromatic heterocycles. The third-order valence-corrected chi connectivity index (χ3v) is 4.37. The van der Waals surface area contributed by atoms with E-state index in [2.05, 4.69) is 33.9 Å². The molecule has 1 N–H and O–H groups in total. The number of para-hydroxylation sites is 1. The molecule has 0 aliphatic carbocycles. The lowest BCUT2D eigenvalue weighted by Gasteiger charge is -2.18. The molecule has 0 radical (unpaired) electrons. The van der Waals surface area contributed by atoms with Crippen LogP contribution in [0.4, 0.5) is 0 Å². The van der Waals surface area contributed by atoms with Crippen LogP contribution in [0.25, 0.3) is 0 Å². The van der Waals surface area contributed by atoms with E-state index < -0.39 is 0 Å². The lowest BCUT2D eigenvalue weighted by Crippen LogP contribution is -2.19. The van der Waals surface area contributed by atoms with Crippen molar-refractivity contribution in [2.45, 2.75) is 25.8 Å². The van der Waals surface area contributed by atoms with Crippen LogP contribution >= 0.6 is 11.3 Å². The predicted molar refractivity (Wildman–Crippen MR) is 78.0 cm³/mol. The summed E-state index contributed by atoms with van der Waals surface area (Å²) in [4.78, 5) is 4.56. The summed E-state index contributed by atoms with van der Waals surface area (Å²) in [7, 11) is 2.00. The Balaban J connectivity index is 1.88. The van der Waals surface area contributed by atoms with Crippen LogP contribution in [0.3, 0.4) is 0 Å². The van der Waals surface area contributed by atoms with Crippen molar-refractivity contribution in [2.24, 2.45) is 0 Å². The zero-order chi connectivity index (χ0) is 13.2. The highest BCUT2D eigenvalue weighted by Gasteiger charge is 2.21. The average molecular weight is 274 g/mol. The first-order chi connectivity index (χ1) is 9.28. The molecule has 0 saturated heterocycles. The van der Waals surface area contributed by atoms with Crippen molar-refractivity contribution in [3.05, 3.63) is 45.4 Å². The maximum atomic E-state index is 5.80. The summed E-state index contributed by atoms with van der Waals surface area (Å²) in [6.07, 6.45) is 1.93. The van der Waals surface area contributed by atoms with E-state index in [9.17, 15) is 0 Å². The summed E-state index contributed by atoms with van der Waals surface area (Å²) in [5.74, 6) is 1.08. The van der Waals surface area contributed by atoms with Crippen LogP contribution in [0.2, 0.25) is 0 Å². The lowest BCUT2D eigenvalue weighted by molar-refractivity contribution is 0.349. The number of fused-ring (bicyclic) bond motifs is 1. The molecule has 4 heteroatoms. The Hall–Kier alpha value is -1.39. The van der Waals surface area contributed by atoms with Crippen LogP contribution in [-0.4, -0.2) is 18.6 Å². The average Bonchev–Trinajstić information content (AvgIpc) is 3.04. The fraction of sp³-hybridized carbons (Fsp3) is 0.400. The number of nitrogens with zero attached hydrogens (tertiary/aromatic N) is 1. The minimum absolute atomic E-state index is 0.259. The fourth-order valence-electron chi connectivity index (χ4n) is 2.59. The zero-order valence-corrected chi connectivity index (χ0v) is 12.1. The van der Waals surface area contributed by atoms with E-state index in [1.54, 1.807) is 11.3 Å². The number of hydrogen-bond donors (Lipinski definition) is 1. The Kier molecular flexibility index (Phi) is 3.53. The minimum atomic E-state index is 0.259. The summed E-state index contributed by atoms with van der Waals surface area (Å²) >= 11 is 1.71. The Morgan fingerprint density at radius 1 is 1.47 bits per heavy atom. The van der Waals surface area contributed by atoms with Gasteiger partial charge in [0.25, 0.3) is 0 Å². The Morgan fingerprint density at radius 3 is 3.11 bits per heavy atom. The van der Waals surface area contributed by atoms with Gasteiger partial charge in [-0.05, 0) is 19.5 Å². The second kappa shape index (κ2) is 5.31. The maximum Gasteiger partial charge on any atom is 0.127 e. The normalized spacial score (nSPS) is 15.1. The summed E-state index contributed by atoms with van der Waals surface area (Å²) < 4.78 is 5.80. The number of aryl methyl sites for hydroxylation is 1. The van der Waals surface area contributed by atoms with E-state index in [1.165, 1.54) is 11.1 Å². The molecule has 100 valence electrons. The highest BCUT2D eigenvalue weighted by molar-refractivity contribution is 7.09. The number of nitrogens with one attached hydrogen (secondary N) is 1. The number of likely N-dealkylation sites (N-methyl/N-ethyl adjacent to an activating group) is 1. The number of thiazole rings is 1. The maximum absolute atomic E-state index is 5.80. The molecular formula is C15H18N2OS. The number of benzene rings is 1. The van der Waals surface area contributed by atoms with Gasteiger partial charge in [-0.1, -0.05) is 18.2 Å². The Morgan fingerprint density at radius 2 is 2.37 bits per heavy atom. The number of aromatic nitrogens is 1. The monoisotopic (exact) mass is 274 g/mol. The number of hydrogen-bond acceptors (Lipinski definition) is 4. The van der Waals surface area contributed by atoms with Crippen molar-refractivity contribution in [1.29, 1.82) is 0 Å². The standard InChI is InChI=1S/C15H18N2OS/c1-10-17-12(9-19-10)8-14(16-2)13-5-3-4-11-6-7-18-15(11)13/h3-5,9,14,16H,6-8H2,1-2H3. The Bertz CT molecular complexity index is 579. The topological polar surface area (TPSA) is 34.2 Å². The van der Waals surface area contributed by atoms with Crippen LogP contribution < -0.4 is 10.1 Å². The van der Waals surface area contributed by atoms with Gasteiger partial charge in [-0.15, -0.1) is 11.3 Å². The second-order valence-electron chi connectivity index (χ2n) is 4.84. The van der Waals surface area contributed by atoms with Crippen molar-refractivity contribution in [3.63, 3.8) is 0 Å². The molecule has 0 saturated carbocycles. The lowest BCUT2D eigenvalue weighted by atomic mass is 9.98. The van der Waals surface area contributed by atoms with E-state index in [-0.39, 0.29) is 6.04 Å². The third-order valence-electron chi connectivity index (χ3n) is 3.55. The van der Waals surface area contributed by atoms with E-state index in [0.717, 1.165) is 35.9 Å². The van der Waals surface area contributed by atoms with Gasteiger partial charge in [-0.25, -0.2) is 4.98 Å². The number of rotatable bonds is 4. The van der Waals surface area contributed by atoms with Crippen LogP contribution in [-0.2, 0) is 12.8 Å². The molecular weight excluding hydrogens is 256 g/mol. The van der Waals surface area contributed by atoms with E-state index in [4.69, 9.17) is 4.74 Å². The van der Waals surface area contributed by atoms with Gasteiger partial charge in [0.05, 0.1) is 17.3 Å². The van der Waals surface area contributed by atoms with Gasteiger partial charge in [-0.3, -0.25) is 0 Å². The first-order valence-corrected chi connectivity index (χ1v) is 7.48. The van der Waals surface area contributed by atoms with Crippen molar-refractivity contribution in [1.82, 2.24) is 10.3 Å². The van der Waals surface area contributed by atoms with Crippen molar-refractivity contribution in [2.75, 3.05) is 13.7 Å². The van der Waals surface area contributed by atoms with Crippen LogP contribution in [0.15, 0.2) is 23.6 Å². The molecule has 0 spiro atoms. The quantitative estimate of drug-likeness (QED) is 0.931. The van der Waals surface area contributed by atoms with Gasteiger partial charge in [0.2, 0.25) is 0 Å². The highest BCUT2D eigenvalue weighted by atomic mass is 32.1. The van der Waals surface area contributed by atoms with Crippen molar-refractivity contribution in [3.8, 4) is 5.75 Å². The van der Waals surface area contributed by atoms with E-state index in [0.29, 0.717) is 0 Å². The smallest absolute Gasteiger partial charge is 0.127 e. The molecule has 1 aromatic carbocycles. The first-order valence-electron chi connectivity index (χ1n) is 6.61. The summed E-state index contributed by atoms with van der Waals surface area (Å²) in [6.45, 7) is 2.85. The first kappa shape index (κ1) is 12.6. The molecule has 0 bridgehead atoms. The van der Waals surface area contributed by atoms with Crippen LogP contribution in [0.5, 0.6) is 5.75 Å². The van der Waals surface area contributed by atoms with Crippen LogP contribution in [0.1, 0.15) is 27.9 Å².